The summed E-state index contributed by atoms with van der Waals surface area (Å²) in [6.45, 7) is 3.98. The zero-order valence-corrected chi connectivity index (χ0v) is 19.1. The summed E-state index contributed by atoms with van der Waals surface area (Å²) in [6.07, 6.45) is 0. The fraction of sp³-hybridized carbons (Fsp3) is 0.261. The van der Waals surface area contributed by atoms with Gasteiger partial charge in [0, 0.05) is 48.8 Å². The molecule has 0 spiro atoms. The second kappa shape index (κ2) is 9.89. The monoisotopic (exact) mass is 506 g/mol. The number of rotatable bonds is 6. The first-order chi connectivity index (χ1) is 15.0. The predicted octanol–water partition coefficient (Wildman–Crippen LogP) is 5.33. The van der Waals surface area contributed by atoms with E-state index in [1.54, 1.807) is 6.07 Å². The van der Waals surface area contributed by atoms with Crippen molar-refractivity contribution in [3.8, 4) is 5.75 Å². The van der Waals surface area contributed by atoms with E-state index in [4.69, 9.17) is 4.74 Å². The molecule has 31 heavy (non-hydrogen) atoms. The van der Waals surface area contributed by atoms with Gasteiger partial charge in [-0.3, -0.25) is 9.69 Å². The molecule has 1 aliphatic heterocycles. The maximum atomic E-state index is 13.7. The van der Waals surface area contributed by atoms with Crippen molar-refractivity contribution in [1.82, 2.24) is 9.80 Å². The van der Waals surface area contributed by atoms with Gasteiger partial charge in [-0.05, 0) is 41.3 Å². The van der Waals surface area contributed by atoms with Crippen LogP contribution >= 0.6 is 27.3 Å². The van der Waals surface area contributed by atoms with E-state index in [9.17, 15) is 13.6 Å². The van der Waals surface area contributed by atoms with Crippen molar-refractivity contribution in [1.29, 1.82) is 0 Å². The summed E-state index contributed by atoms with van der Waals surface area (Å²) >= 11 is 4.86. The second-order valence-corrected chi connectivity index (χ2v) is 9.21. The van der Waals surface area contributed by atoms with E-state index in [-0.39, 0.29) is 18.3 Å². The van der Waals surface area contributed by atoms with E-state index < -0.39 is 11.6 Å². The number of hydrogen-bond acceptors (Lipinski definition) is 4. The van der Waals surface area contributed by atoms with Crippen molar-refractivity contribution in [3.63, 3.8) is 0 Å². The molecule has 0 atom stereocenters. The number of amides is 1. The van der Waals surface area contributed by atoms with Crippen molar-refractivity contribution in [2.45, 2.75) is 13.2 Å². The molecular weight excluding hydrogens is 486 g/mol. The Morgan fingerprint density at radius 2 is 1.84 bits per heavy atom. The maximum Gasteiger partial charge on any atom is 0.264 e. The number of carbonyl (C=O) groups is 1. The number of halogens is 3. The van der Waals surface area contributed by atoms with E-state index in [0.717, 1.165) is 41.8 Å². The number of benzene rings is 2. The lowest BCUT2D eigenvalue weighted by Gasteiger charge is -2.34. The molecule has 2 heterocycles. The Labute approximate surface area is 192 Å². The predicted molar refractivity (Wildman–Crippen MR) is 120 cm³/mol. The topological polar surface area (TPSA) is 32.8 Å². The molecule has 1 fully saturated rings. The summed E-state index contributed by atoms with van der Waals surface area (Å²) in [5.74, 6) is -1.40. The third-order valence-corrected chi connectivity index (χ3v) is 6.57. The van der Waals surface area contributed by atoms with Crippen molar-refractivity contribution >= 4 is 33.2 Å². The molecule has 0 unspecified atom stereocenters. The van der Waals surface area contributed by atoms with Crippen LogP contribution in [0.5, 0.6) is 5.75 Å². The largest absolute Gasteiger partial charge is 0.486 e. The van der Waals surface area contributed by atoms with Crippen molar-refractivity contribution in [3.05, 3.63) is 86.0 Å². The molecule has 1 amide bonds. The molecule has 1 aromatic heterocycles. The summed E-state index contributed by atoms with van der Waals surface area (Å²) in [4.78, 5) is 17.7. The summed E-state index contributed by atoms with van der Waals surface area (Å²) in [7, 11) is 0. The quantitative estimate of drug-likeness (QED) is 0.453. The Morgan fingerprint density at radius 1 is 1.03 bits per heavy atom. The molecule has 2 aromatic carbocycles. The van der Waals surface area contributed by atoms with Crippen molar-refractivity contribution < 1.29 is 18.3 Å². The van der Waals surface area contributed by atoms with E-state index in [1.165, 1.54) is 23.0 Å². The molecule has 162 valence electrons. The van der Waals surface area contributed by atoms with Gasteiger partial charge in [0.2, 0.25) is 0 Å². The van der Waals surface area contributed by atoms with Crippen molar-refractivity contribution in [2.24, 2.45) is 0 Å². The van der Waals surface area contributed by atoms with Crippen LogP contribution in [-0.2, 0) is 13.2 Å². The van der Waals surface area contributed by atoms with Gasteiger partial charge >= 0.3 is 0 Å². The van der Waals surface area contributed by atoms with Crippen LogP contribution in [0.3, 0.4) is 0 Å². The minimum Gasteiger partial charge on any atom is -0.486 e. The summed E-state index contributed by atoms with van der Waals surface area (Å²) in [5, 5.41) is 1.83. The molecule has 1 aliphatic rings. The lowest BCUT2D eigenvalue weighted by atomic mass is 10.2. The Balaban J connectivity index is 1.29. The molecule has 4 nitrogen and oxygen atoms in total. The zero-order chi connectivity index (χ0) is 21.8. The lowest BCUT2D eigenvalue weighted by Crippen LogP contribution is -2.48. The number of hydrogen-bond donors (Lipinski definition) is 0. The van der Waals surface area contributed by atoms with E-state index in [0.29, 0.717) is 18.0 Å². The van der Waals surface area contributed by atoms with Gasteiger partial charge < -0.3 is 9.64 Å². The number of nitrogens with zero attached hydrogens (tertiary/aromatic N) is 2. The van der Waals surface area contributed by atoms with Crippen LogP contribution < -0.4 is 4.74 Å². The molecular formula is C23H21BrF2N2O2S. The van der Waals surface area contributed by atoms with Gasteiger partial charge in [-0.1, -0.05) is 28.1 Å². The highest BCUT2D eigenvalue weighted by Crippen LogP contribution is 2.23. The fourth-order valence-corrected chi connectivity index (χ4v) is 4.79. The normalized spacial score (nSPS) is 14.6. The second-order valence-electron chi connectivity index (χ2n) is 7.38. The Morgan fingerprint density at radius 3 is 2.58 bits per heavy atom. The summed E-state index contributed by atoms with van der Waals surface area (Å²) in [6, 6.07) is 13.2. The van der Waals surface area contributed by atoms with Gasteiger partial charge in [0.15, 0.2) is 11.6 Å². The third kappa shape index (κ3) is 5.70. The van der Waals surface area contributed by atoms with E-state index in [1.807, 2.05) is 22.4 Å². The van der Waals surface area contributed by atoms with Crippen molar-refractivity contribution in [2.75, 3.05) is 26.2 Å². The number of thiophene rings is 1. The SMILES string of the molecule is O=C(c1cc(COc2ccc(F)cc2F)cs1)N1CCN(Cc2cccc(Br)c2)CC1. The molecule has 8 heteroatoms. The van der Waals surface area contributed by atoms with Gasteiger partial charge in [0.05, 0.1) is 4.88 Å². The molecule has 0 N–H and O–H groups in total. The number of piperazine rings is 1. The molecule has 0 bridgehead atoms. The highest BCUT2D eigenvalue weighted by molar-refractivity contribution is 9.10. The molecule has 0 radical (unpaired) electrons. The molecule has 4 rings (SSSR count). The van der Waals surface area contributed by atoms with Crippen LogP contribution in [0.2, 0.25) is 0 Å². The minimum absolute atomic E-state index is 0.00585. The Kier molecular flexibility index (Phi) is 6.99. The third-order valence-electron chi connectivity index (χ3n) is 5.11. The number of carbonyl (C=O) groups excluding carboxylic acids is 1. The first-order valence-corrected chi connectivity index (χ1v) is 11.6. The van der Waals surface area contributed by atoms with Crippen LogP contribution in [0.15, 0.2) is 58.4 Å². The molecule has 0 aliphatic carbocycles. The number of ether oxygens (including phenoxy) is 1. The maximum absolute atomic E-state index is 13.7. The van der Waals surface area contributed by atoms with E-state index in [2.05, 4.69) is 33.0 Å². The molecule has 3 aromatic rings. The van der Waals surface area contributed by atoms with Gasteiger partial charge in [-0.25, -0.2) is 8.78 Å². The van der Waals surface area contributed by atoms with Gasteiger partial charge in [-0.15, -0.1) is 11.3 Å². The van der Waals surface area contributed by atoms with Crippen LogP contribution in [-0.4, -0.2) is 41.9 Å². The van der Waals surface area contributed by atoms with Crippen LogP contribution in [0, 0.1) is 11.6 Å². The summed E-state index contributed by atoms with van der Waals surface area (Å²) < 4.78 is 33.2. The van der Waals surface area contributed by atoms with E-state index >= 15 is 0 Å². The highest BCUT2D eigenvalue weighted by atomic mass is 79.9. The molecule has 0 saturated carbocycles. The minimum atomic E-state index is -0.743. The average Bonchev–Trinajstić information content (AvgIpc) is 3.22. The summed E-state index contributed by atoms with van der Waals surface area (Å²) in [5.41, 5.74) is 2.03. The van der Waals surface area contributed by atoms with Gasteiger partial charge in [0.25, 0.3) is 5.91 Å². The fourth-order valence-electron chi connectivity index (χ4n) is 3.48. The van der Waals surface area contributed by atoms with Crippen LogP contribution in [0.4, 0.5) is 8.78 Å². The Hall–Kier alpha value is -2.29. The van der Waals surface area contributed by atoms with Gasteiger partial charge in [0.1, 0.15) is 12.4 Å². The zero-order valence-electron chi connectivity index (χ0n) is 16.7. The standard InChI is InChI=1S/C23H21BrF2N2O2S/c24-18-3-1-2-16(10-18)13-27-6-8-28(9-7-27)23(29)22-11-17(15-31-22)14-30-21-5-4-19(25)12-20(21)26/h1-5,10-12,15H,6-9,13-14H2. The Bertz CT molecular complexity index is 1070. The smallest absolute Gasteiger partial charge is 0.264 e. The average molecular weight is 507 g/mol. The first-order valence-electron chi connectivity index (χ1n) is 9.89. The van der Waals surface area contributed by atoms with Gasteiger partial charge in [-0.2, -0.15) is 0 Å². The highest BCUT2D eigenvalue weighted by Gasteiger charge is 2.23. The first kappa shape index (κ1) is 21.9. The lowest BCUT2D eigenvalue weighted by molar-refractivity contribution is 0.0633. The van der Waals surface area contributed by atoms with Crippen LogP contribution in [0.1, 0.15) is 20.8 Å². The van der Waals surface area contributed by atoms with Crippen LogP contribution in [0.25, 0.3) is 0 Å². The molecule has 1 saturated heterocycles.